The fraction of sp³-hybridized carbons (Fsp3) is 0.286. The summed E-state index contributed by atoms with van der Waals surface area (Å²) in [5, 5.41) is 6.00. The first-order valence-electron chi connectivity index (χ1n) is 10.0. The molecule has 1 aliphatic heterocycles. The Hall–Kier alpha value is -3.29. The molecule has 9 nitrogen and oxygen atoms in total. The number of alkyl halides is 3. The molecule has 0 radical (unpaired) electrons. The minimum absolute atomic E-state index is 0.0429. The molecule has 2 N–H and O–H groups in total. The van der Waals surface area contributed by atoms with Gasteiger partial charge in [-0.3, -0.25) is 9.59 Å². The van der Waals surface area contributed by atoms with Gasteiger partial charge >= 0.3 is 6.18 Å². The van der Waals surface area contributed by atoms with Gasteiger partial charge in [0.2, 0.25) is 10.0 Å². The zero-order valence-electron chi connectivity index (χ0n) is 17.7. The van der Waals surface area contributed by atoms with Crippen molar-refractivity contribution in [3.8, 4) is 0 Å². The summed E-state index contributed by atoms with van der Waals surface area (Å²) in [6.07, 6.45) is -3.28. The van der Waals surface area contributed by atoms with Crippen LogP contribution in [0.25, 0.3) is 0 Å². The van der Waals surface area contributed by atoms with Crippen molar-refractivity contribution in [2.75, 3.05) is 32.8 Å². The predicted octanol–water partition coefficient (Wildman–Crippen LogP) is 1.61. The summed E-state index contributed by atoms with van der Waals surface area (Å²) in [5.41, 5.74) is 1.84. The van der Waals surface area contributed by atoms with E-state index in [4.69, 9.17) is 4.74 Å². The second-order valence-electron chi connectivity index (χ2n) is 7.14. The number of hydrazone groups is 1. The molecule has 1 aliphatic rings. The second-order valence-corrected chi connectivity index (χ2v) is 9.07. The van der Waals surface area contributed by atoms with E-state index in [1.165, 1.54) is 40.7 Å². The molecule has 0 aromatic heterocycles. The normalized spacial score (nSPS) is 15.3. The zero-order valence-corrected chi connectivity index (χ0v) is 18.5. The Morgan fingerprint density at radius 2 is 1.65 bits per heavy atom. The molecule has 3 rings (SSSR count). The predicted molar refractivity (Wildman–Crippen MR) is 116 cm³/mol. The summed E-state index contributed by atoms with van der Waals surface area (Å²) < 4.78 is 69.3. The van der Waals surface area contributed by atoms with Crippen LogP contribution < -0.4 is 10.7 Å². The number of morpholine rings is 1. The maximum absolute atomic E-state index is 12.6. The van der Waals surface area contributed by atoms with Crippen molar-refractivity contribution in [3.05, 3.63) is 65.2 Å². The molecule has 2 aromatic rings. The molecule has 182 valence electrons. The van der Waals surface area contributed by atoms with E-state index in [9.17, 15) is 31.2 Å². The number of rotatable bonds is 7. The van der Waals surface area contributed by atoms with E-state index in [1.54, 1.807) is 0 Å². The van der Waals surface area contributed by atoms with Crippen LogP contribution in [0, 0.1) is 0 Å². The van der Waals surface area contributed by atoms with Gasteiger partial charge in [-0.25, -0.2) is 13.8 Å². The minimum Gasteiger partial charge on any atom is -0.379 e. The highest BCUT2D eigenvalue weighted by Crippen LogP contribution is 2.28. The quantitative estimate of drug-likeness (QED) is 0.444. The number of amides is 2. The van der Waals surface area contributed by atoms with E-state index in [0.29, 0.717) is 18.8 Å². The number of benzene rings is 2. The Kier molecular flexibility index (Phi) is 8.02. The summed E-state index contributed by atoms with van der Waals surface area (Å²) in [6, 6.07) is 9.48. The molecule has 0 saturated carbocycles. The lowest BCUT2D eigenvalue weighted by atomic mass is 10.1. The molecule has 2 aromatic carbocycles. The molecule has 1 heterocycles. The van der Waals surface area contributed by atoms with Crippen LogP contribution >= 0.6 is 0 Å². The zero-order chi connectivity index (χ0) is 24.8. The topological polar surface area (TPSA) is 117 Å². The molecule has 13 heteroatoms. The lowest BCUT2D eigenvalue weighted by Crippen LogP contribution is -2.40. The Labute approximate surface area is 193 Å². The van der Waals surface area contributed by atoms with Crippen molar-refractivity contribution < 1.29 is 35.9 Å². The Morgan fingerprint density at radius 3 is 2.24 bits per heavy atom. The first-order valence-corrected chi connectivity index (χ1v) is 11.5. The number of carbonyl (C=O) groups excluding carboxylic acids is 2. The van der Waals surface area contributed by atoms with Gasteiger partial charge in [0.1, 0.15) is 0 Å². The van der Waals surface area contributed by atoms with E-state index in [1.807, 2.05) is 0 Å². The monoisotopic (exact) mass is 498 g/mol. The van der Waals surface area contributed by atoms with Crippen molar-refractivity contribution in [2.24, 2.45) is 5.10 Å². The highest BCUT2D eigenvalue weighted by atomic mass is 32.2. The number of sulfonamides is 1. The smallest absolute Gasteiger partial charge is 0.379 e. The fourth-order valence-electron chi connectivity index (χ4n) is 2.95. The first-order chi connectivity index (χ1) is 16.1. The maximum atomic E-state index is 12.6. The van der Waals surface area contributed by atoms with Gasteiger partial charge in [-0.1, -0.05) is 12.1 Å². The molecule has 34 heavy (non-hydrogen) atoms. The molecule has 0 bridgehead atoms. The molecule has 0 spiro atoms. The van der Waals surface area contributed by atoms with E-state index >= 15 is 0 Å². The maximum Gasteiger partial charge on any atom is 0.416 e. The number of nitrogens with zero attached hydrogens (tertiary/aromatic N) is 2. The van der Waals surface area contributed by atoms with Gasteiger partial charge in [0.15, 0.2) is 0 Å². The van der Waals surface area contributed by atoms with Crippen molar-refractivity contribution in [1.29, 1.82) is 0 Å². The number of halogens is 3. The van der Waals surface area contributed by atoms with Crippen LogP contribution in [-0.2, 0) is 25.7 Å². The standard InChI is InChI=1S/C21H21F3N4O5S/c22-21(23,24)17-5-1-15(2-6-17)13-26-27-19(29)14-25-20(30)16-3-7-18(8-4-16)34(31,32)28-9-11-33-12-10-28/h1-8,13H,9-12,14H2,(H,25,30)(H,27,29)/b26-13+. The number of ether oxygens (including phenoxy) is 1. The Morgan fingerprint density at radius 1 is 1.03 bits per heavy atom. The van der Waals surface area contributed by atoms with Gasteiger partial charge < -0.3 is 10.1 Å². The van der Waals surface area contributed by atoms with Crippen LogP contribution in [0.3, 0.4) is 0 Å². The largest absolute Gasteiger partial charge is 0.416 e. The van der Waals surface area contributed by atoms with Gasteiger partial charge in [-0.05, 0) is 42.0 Å². The van der Waals surface area contributed by atoms with E-state index in [0.717, 1.165) is 18.3 Å². The molecule has 1 fully saturated rings. The minimum atomic E-state index is -4.45. The SMILES string of the molecule is O=C(CNC(=O)c1ccc(S(=O)(=O)N2CCOCC2)cc1)N/N=C/c1ccc(C(F)(F)F)cc1. The third-order valence-corrected chi connectivity index (χ3v) is 6.69. The molecule has 0 unspecified atom stereocenters. The number of hydrogen-bond donors (Lipinski definition) is 2. The van der Waals surface area contributed by atoms with Crippen LogP contribution in [0.1, 0.15) is 21.5 Å². The first kappa shape index (κ1) is 25.3. The number of carbonyl (C=O) groups is 2. The van der Waals surface area contributed by atoms with E-state index < -0.39 is 40.1 Å². The third kappa shape index (κ3) is 6.62. The average molecular weight is 498 g/mol. The summed E-state index contributed by atoms with van der Waals surface area (Å²) in [4.78, 5) is 24.1. The van der Waals surface area contributed by atoms with Crippen LogP contribution in [0.15, 0.2) is 58.5 Å². The molecule has 2 amide bonds. The highest BCUT2D eigenvalue weighted by Gasteiger charge is 2.30. The molecular weight excluding hydrogens is 477 g/mol. The number of hydrogen-bond acceptors (Lipinski definition) is 6. The fourth-order valence-corrected chi connectivity index (χ4v) is 4.36. The summed E-state index contributed by atoms with van der Waals surface area (Å²) >= 11 is 0. The summed E-state index contributed by atoms with van der Waals surface area (Å²) in [5.74, 6) is -1.26. The average Bonchev–Trinajstić information content (AvgIpc) is 2.83. The van der Waals surface area contributed by atoms with Crippen molar-refractivity contribution in [2.45, 2.75) is 11.1 Å². The van der Waals surface area contributed by atoms with Gasteiger partial charge in [-0.2, -0.15) is 22.6 Å². The number of nitrogens with one attached hydrogen (secondary N) is 2. The molecule has 0 atom stereocenters. The third-order valence-electron chi connectivity index (χ3n) is 4.77. The van der Waals surface area contributed by atoms with Crippen molar-refractivity contribution in [3.63, 3.8) is 0 Å². The van der Waals surface area contributed by atoms with Crippen LogP contribution in [0.5, 0.6) is 0 Å². The van der Waals surface area contributed by atoms with Crippen LogP contribution in [-0.4, -0.2) is 63.6 Å². The summed E-state index contributed by atoms with van der Waals surface area (Å²) in [6.45, 7) is 0.714. The Bertz CT molecular complexity index is 1140. The van der Waals surface area contributed by atoms with E-state index in [-0.39, 0.29) is 23.5 Å². The lowest BCUT2D eigenvalue weighted by Gasteiger charge is -2.26. The van der Waals surface area contributed by atoms with Gasteiger partial charge in [0, 0.05) is 18.7 Å². The molecular formula is C21H21F3N4O5S. The molecule has 1 saturated heterocycles. The highest BCUT2D eigenvalue weighted by molar-refractivity contribution is 7.89. The van der Waals surface area contributed by atoms with Gasteiger partial charge in [0.25, 0.3) is 11.8 Å². The Balaban J connectivity index is 1.48. The van der Waals surface area contributed by atoms with Crippen LogP contribution in [0.2, 0.25) is 0 Å². The summed E-state index contributed by atoms with van der Waals surface area (Å²) in [7, 11) is -3.69. The van der Waals surface area contributed by atoms with Crippen LogP contribution in [0.4, 0.5) is 13.2 Å². The van der Waals surface area contributed by atoms with Gasteiger partial charge in [0.05, 0.1) is 36.4 Å². The second kappa shape index (κ2) is 10.8. The lowest BCUT2D eigenvalue weighted by molar-refractivity contribution is -0.137. The van der Waals surface area contributed by atoms with Crippen molar-refractivity contribution in [1.82, 2.24) is 15.0 Å². The molecule has 0 aliphatic carbocycles. The van der Waals surface area contributed by atoms with Gasteiger partial charge in [-0.15, -0.1) is 0 Å². The van der Waals surface area contributed by atoms with Crippen molar-refractivity contribution >= 4 is 28.1 Å². The van der Waals surface area contributed by atoms with E-state index in [2.05, 4.69) is 15.8 Å².